The van der Waals surface area contributed by atoms with Crippen molar-refractivity contribution in [3.05, 3.63) is 76.4 Å². The molecule has 1 aromatic carbocycles. The molecule has 4 aromatic rings. The van der Waals surface area contributed by atoms with Gasteiger partial charge < -0.3 is 19.5 Å². The largest absolute Gasteiger partial charge is 0.453 e. The minimum absolute atomic E-state index is 0.0999. The average molecular weight is 499 g/mol. The molecule has 0 aliphatic heterocycles. The fourth-order valence-corrected chi connectivity index (χ4v) is 4.26. The van der Waals surface area contributed by atoms with Crippen LogP contribution >= 0.6 is 11.3 Å². The Balaban J connectivity index is 1.43. The Morgan fingerprint density at radius 1 is 1.09 bits per heavy atom. The van der Waals surface area contributed by atoms with Crippen molar-refractivity contribution in [2.75, 3.05) is 33.5 Å². The molecule has 0 atom stereocenters. The van der Waals surface area contributed by atoms with E-state index in [1.54, 1.807) is 19.4 Å². The predicted octanol–water partition coefficient (Wildman–Crippen LogP) is 4.95. The van der Waals surface area contributed by atoms with Crippen molar-refractivity contribution in [1.82, 2.24) is 15.3 Å². The van der Waals surface area contributed by atoms with Crippen molar-refractivity contribution in [2.45, 2.75) is 6.54 Å². The van der Waals surface area contributed by atoms with Gasteiger partial charge in [-0.15, -0.1) is 11.3 Å². The van der Waals surface area contributed by atoms with Gasteiger partial charge in [0.2, 0.25) is 0 Å². The first-order valence-corrected chi connectivity index (χ1v) is 11.6. The second-order valence-corrected chi connectivity index (χ2v) is 8.49. The van der Waals surface area contributed by atoms with E-state index in [-0.39, 0.29) is 11.4 Å². The molecule has 0 bridgehead atoms. The number of fused-ring (bicyclic) bond motifs is 1. The third kappa shape index (κ3) is 6.34. The lowest BCUT2D eigenvalue weighted by Gasteiger charge is -2.07. The lowest BCUT2D eigenvalue weighted by molar-refractivity contribution is -0.385. The maximum absolute atomic E-state index is 14.3. The summed E-state index contributed by atoms with van der Waals surface area (Å²) in [7, 11) is 1.64. The summed E-state index contributed by atoms with van der Waals surface area (Å²) in [4.78, 5) is 20.0. The number of ether oxygens (including phenoxy) is 3. The zero-order valence-electron chi connectivity index (χ0n) is 18.9. The highest BCUT2D eigenvalue weighted by molar-refractivity contribution is 7.22. The highest BCUT2D eigenvalue weighted by Gasteiger charge is 2.16. The molecule has 182 valence electrons. The number of nitro benzene ring substituents is 1. The third-order valence-electron chi connectivity index (χ3n) is 4.98. The molecular weight excluding hydrogens is 475 g/mol. The van der Waals surface area contributed by atoms with Crippen LogP contribution in [0.4, 0.5) is 10.1 Å². The number of pyridine rings is 2. The number of rotatable bonds is 12. The Morgan fingerprint density at radius 3 is 2.71 bits per heavy atom. The van der Waals surface area contributed by atoms with Gasteiger partial charge in [0.15, 0.2) is 11.6 Å². The molecule has 0 unspecified atom stereocenters. The van der Waals surface area contributed by atoms with Gasteiger partial charge in [0, 0.05) is 44.7 Å². The Hall–Kier alpha value is -3.51. The van der Waals surface area contributed by atoms with Crippen LogP contribution in [0.5, 0.6) is 11.5 Å². The van der Waals surface area contributed by atoms with Gasteiger partial charge in [-0.05, 0) is 23.8 Å². The minimum Gasteiger partial charge on any atom is -0.453 e. The molecule has 1 N–H and O–H groups in total. The third-order valence-corrected chi connectivity index (χ3v) is 6.14. The number of benzene rings is 1. The maximum atomic E-state index is 14.3. The quantitative estimate of drug-likeness (QED) is 0.166. The van der Waals surface area contributed by atoms with Crippen LogP contribution < -0.4 is 10.1 Å². The molecule has 0 saturated carbocycles. The molecule has 9 nitrogen and oxygen atoms in total. The molecule has 3 aromatic heterocycles. The normalized spacial score (nSPS) is 11.1. The standard InChI is InChI=1S/C24H23FN4O5S/c1-32-10-11-33-9-8-26-14-16-2-4-19(28-15-16)23-13-20-24(35-23)22(6-7-27-20)34-21-5-3-17(29(30)31)12-18(21)25/h2-7,12-13,15,26H,8-11,14H2,1H3. The smallest absolute Gasteiger partial charge is 0.272 e. The van der Waals surface area contributed by atoms with E-state index < -0.39 is 10.7 Å². The minimum atomic E-state index is -0.812. The fraction of sp³-hybridized carbons (Fsp3) is 0.250. The van der Waals surface area contributed by atoms with E-state index in [1.807, 2.05) is 24.4 Å². The van der Waals surface area contributed by atoms with Crippen molar-refractivity contribution in [3.63, 3.8) is 0 Å². The van der Waals surface area contributed by atoms with Gasteiger partial charge in [-0.1, -0.05) is 6.07 Å². The van der Waals surface area contributed by atoms with Crippen LogP contribution in [0.15, 0.2) is 54.9 Å². The van der Waals surface area contributed by atoms with Gasteiger partial charge >= 0.3 is 0 Å². The van der Waals surface area contributed by atoms with E-state index in [0.717, 1.165) is 33.4 Å². The van der Waals surface area contributed by atoms with Gasteiger partial charge in [-0.2, -0.15) is 0 Å². The summed E-state index contributed by atoms with van der Waals surface area (Å²) >= 11 is 1.42. The topological polar surface area (TPSA) is 109 Å². The van der Waals surface area contributed by atoms with E-state index in [4.69, 9.17) is 14.2 Å². The number of nitro groups is 1. The van der Waals surface area contributed by atoms with Crippen LogP contribution in [0.1, 0.15) is 5.56 Å². The number of non-ortho nitro benzene ring substituents is 1. The summed E-state index contributed by atoms with van der Waals surface area (Å²) in [5.41, 5.74) is 2.17. The van der Waals surface area contributed by atoms with Gasteiger partial charge in [0.25, 0.3) is 5.69 Å². The number of hydrogen-bond acceptors (Lipinski definition) is 9. The Morgan fingerprint density at radius 2 is 1.97 bits per heavy atom. The molecule has 0 aliphatic carbocycles. The van der Waals surface area contributed by atoms with Crippen molar-refractivity contribution in [3.8, 4) is 22.1 Å². The first kappa shape index (κ1) is 24.6. The number of nitrogens with zero attached hydrogens (tertiary/aromatic N) is 3. The van der Waals surface area contributed by atoms with Crippen LogP contribution in [0.25, 0.3) is 20.8 Å². The molecule has 0 fully saturated rings. The molecule has 0 amide bonds. The number of halogens is 1. The molecule has 35 heavy (non-hydrogen) atoms. The molecule has 0 aliphatic rings. The van der Waals surface area contributed by atoms with Crippen LogP contribution in [-0.4, -0.2) is 48.4 Å². The number of hydrogen-bond donors (Lipinski definition) is 1. The summed E-state index contributed by atoms with van der Waals surface area (Å²) in [5.74, 6) is -0.502. The maximum Gasteiger partial charge on any atom is 0.272 e. The van der Waals surface area contributed by atoms with E-state index in [9.17, 15) is 14.5 Å². The summed E-state index contributed by atoms with van der Waals surface area (Å²) in [6.45, 7) is 3.17. The van der Waals surface area contributed by atoms with Crippen molar-refractivity contribution in [2.24, 2.45) is 0 Å². The fourth-order valence-electron chi connectivity index (χ4n) is 3.22. The first-order chi connectivity index (χ1) is 17.0. The number of aromatic nitrogens is 2. The van der Waals surface area contributed by atoms with Gasteiger partial charge in [-0.25, -0.2) is 4.39 Å². The molecule has 4 rings (SSSR count). The van der Waals surface area contributed by atoms with Crippen molar-refractivity contribution >= 4 is 27.2 Å². The summed E-state index contributed by atoms with van der Waals surface area (Å²) < 4.78 is 31.1. The molecule has 0 saturated heterocycles. The van der Waals surface area contributed by atoms with Crippen LogP contribution in [0, 0.1) is 15.9 Å². The van der Waals surface area contributed by atoms with Crippen molar-refractivity contribution in [1.29, 1.82) is 0 Å². The first-order valence-electron chi connectivity index (χ1n) is 10.8. The van der Waals surface area contributed by atoms with Crippen LogP contribution in [0.3, 0.4) is 0 Å². The SMILES string of the molecule is COCCOCCNCc1ccc(-c2cc3nccc(Oc4ccc([N+](=O)[O-])cc4F)c3s2)nc1. The zero-order valence-corrected chi connectivity index (χ0v) is 19.7. The van der Waals surface area contributed by atoms with E-state index in [0.29, 0.717) is 37.6 Å². The molecular formula is C24H23FN4O5S. The number of nitrogens with one attached hydrogen (secondary N) is 1. The highest BCUT2D eigenvalue weighted by atomic mass is 32.1. The second kappa shape index (κ2) is 11.8. The predicted molar refractivity (Wildman–Crippen MR) is 130 cm³/mol. The van der Waals surface area contributed by atoms with Crippen LogP contribution in [-0.2, 0) is 16.0 Å². The van der Waals surface area contributed by atoms with Gasteiger partial charge in [-0.3, -0.25) is 20.1 Å². The number of methoxy groups -OCH3 is 1. The Labute approximate surface area is 204 Å². The lowest BCUT2D eigenvalue weighted by atomic mass is 10.2. The van der Waals surface area contributed by atoms with E-state index in [1.165, 1.54) is 23.5 Å². The summed E-state index contributed by atoms with van der Waals surface area (Å²) in [6, 6.07) is 10.7. The molecule has 0 spiro atoms. The molecule has 0 radical (unpaired) electrons. The average Bonchev–Trinajstić information content (AvgIpc) is 3.30. The molecule has 11 heteroatoms. The van der Waals surface area contributed by atoms with E-state index >= 15 is 0 Å². The van der Waals surface area contributed by atoms with Crippen molar-refractivity contribution < 1.29 is 23.5 Å². The van der Waals surface area contributed by atoms with Gasteiger partial charge in [0.05, 0.1) is 51.6 Å². The molecule has 3 heterocycles. The van der Waals surface area contributed by atoms with Crippen LogP contribution in [0.2, 0.25) is 0 Å². The Kier molecular flexibility index (Phi) is 8.27. The lowest BCUT2D eigenvalue weighted by Crippen LogP contribution is -2.20. The highest BCUT2D eigenvalue weighted by Crippen LogP contribution is 2.39. The second-order valence-electron chi connectivity index (χ2n) is 7.44. The zero-order chi connectivity index (χ0) is 24.6. The monoisotopic (exact) mass is 498 g/mol. The Bertz CT molecular complexity index is 1300. The number of thiophene rings is 1. The summed E-state index contributed by atoms with van der Waals surface area (Å²) in [6.07, 6.45) is 3.38. The summed E-state index contributed by atoms with van der Waals surface area (Å²) in [5, 5.41) is 14.1. The van der Waals surface area contributed by atoms with Gasteiger partial charge in [0.1, 0.15) is 5.75 Å². The van der Waals surface area contributed by atoms with E-state index in [2.05, 4.69) is 15.3 Å².